The number of unbranched alkanes of at least 4 members (excludes halogenated alkanes) is 1. The van der Waals surface area contributed by atoms with Crippen LogP contribution in [0, 0.1) is 11.8 Å². The Morgan fingerprint density at radius 2 is 2.00 bits per heavy atom. The molecule has 2 bridgehead atoms. The highest BCUT2D eigenvalue weighted by atomic mass is 79.9. The number of benzene rings is 2. The van der Waals surface area contributed by atoms with E-state index in [0.29, 0.717) is 24.9 Å². The smallest absolute Gasteiger partial charge is 0.310 e. The zero-order valence-electron chi connectivity index (χ0n) is 23.3. The number of carbonyl (C=O) groups is 3. The molecular formula is C32H37BrN2O5S. The van der Waals surface area contributed by atoms with Crippen molar-refractivity contribution in [2.24, 2.45) is 11.8 Å². The first-order valence-electron chi connectivity index (χ1n) is 14.3. The number of fused-ring (bicyclic) bond motifs is 2. The summed E-state index contributed by atoms with van der Waals surface area (Å²) >= 11 is 5.37. The second-order valence-corrected chi connectivity index (χ2v) is 13.7. The predicted octanol–water partition coefficient (Wildman–Crippen LogP) is 5.10. The zero-order chi connectivity index (χ0) is 29.3. The van der Waals surface area contributed by atoms with Crippen LogP contribution in [0.25, 0.3) is 10.8 Å². The number of thioether (sulfide) groups is 1. The lowest BCUT2D eigenvalue weighted by Gasteiger charge is -2.39. The highest BCUT2D eigenvalue weighted by Crippen LogP contribution is 2.68. The van der Waals surface area contributed by atoms with Gasteiger partial charge in [-0.25, -0.2) is 0 Å². The number of allylic oxidation sites excluding steroid dienone is 1. The van der Waals surface area contributed by atoms with Gasteiger partial charge >= 0.3 is 5.97 Å². The number of esters is 1. The standard InChI is InChI=1S/C32H37BrN2O5S/c1-4-7-10-16-40-31(39)25-26-29(37)35(22(6-3)19-36)28(32(26)18-24(33)27(25)41-32)30(38)34(15-5-2)23-14-13-20-11-8-9-12-21(20)17-23/h4-5,8-9,11-14,17,22,24-28,36H,1-2,6-7,10,15-16,18-19H2,3H3/t22-,24?,25-,26-,27-,28?,32?/m0/s1. The van der Waals surface area contributed by atoms with Crippen molar-refractivity contribution < 1.29 is 24.2 Å². The number of hydrogen-bond donors (Lipinski definition) is 1. The maximum Gasteiger partial charge on any atom is 0.310 e. The maximum absolute atomic E-state index is 14.8. The summed E-state index contributed by atoms with van der Waals surface area (Å²) < 4.78 is 4.85. The Morgan fingerprint density at radius 1 is 1.24 bits per heavy atom. The van der Waals surface area contributed by atoms with Crippen molar-refractivity contribution >= 4 is 61.9 Å². The van der Waals surface area contributed by atoms with Crippen LogP contribution in [0.15, 0.2) is 67.8 Å². The number of nitrogens with zero attached hydrogens (tertiary/aromatic N) is 2. The molecule has 41 heavy (non-hydrogen) atoms. The van der Waals surface area contributed by atoms with Crippen molar-refractivity contribution in [1.29, 1.82) is 0 Å². The summed E-state index contributed by atoms with van der Waals surface area (Å²) in [6.45, 7) is 9.77. The second-order valence-electron chi connectivity index (χ2n) is 11.0. The number of hydrogen-bond acceptors (Lipinski definition) is 6. The van der Waals surface area contributed by atoms with Gasteiger partial charge < -0.3 is 19.6 Å². The van der Waals surface area contributed by atoms with Gasteiger partial charge in [0.25, 0.3) is 5.91 Å². The molecule has 1 N–H and O–H groups in total. The molecular weight excluding hydrogens is 604 g/mol. The molecule has 5 rings (SSSR count). The van der Waals surface area contributed by atoms with Crippen LogP contribution in [0.3, 0.4) is 0 Å². The van der Waals surface area contributed by atoms with E-state index in [1.165, 1.54) is 0 Å². The summed E-state index contributed by atoms with van der Waals surface area (Å²) in [6.07, 6.45) is 5.91. The first-order chi connectivity index (χ1) is 19.8. The third-order valence-electron chi connectivity index (χ3n) is 8.73. The largest absolute Gasteiger partial charge is 0.465 e. The van der Waals surface area contributed by atoms with Crippen LogP contribution in [0.5, 0.6) is 0 Å². The van der Waals surface area contributed by atoms with E-state index in [0.717, 1.165) is 17.2 Å². The van der Waals surface area contributed by atoms with Crippen LogP contribution >= 0.6 is 27.7 Å². The van der Waals surface area contributed by atoms with Crippen LogP contribution in [0.1, 0.15) is 32.6 Å². The molecule has 3 unspecified atom stereocenters. The molecule has 7 atom stereocenters. The highest BCUT2D eigenvalue weighted by Gasteiger charge is 2.76. The first-order valence-corrected chi connectivity index (χ1v) is 16.1. The van der Waals surface area contributed by atoms with Gasteiger partial charge in [0.2, 0.25) is 5.91 Å². The van der Waals surface area contributed by atoms with E-state index in [-0.39, 0.29) is 41.6 Å². The SMILES string of the molecule is C=CCCCOC(=O)[C@H]1[C@H]2C(=O)N([C@@H](CC)CO)C(C(=O)N(CC=C)c3ccc4ccccc4c3)C23CC(Br)[C@@H]1S3. The Labute approximate surface area is 254 Å². The second kappa shape index (κ2) is 12.3. The summed E-state index contributed by atoms with van der Waals surface area (Å²) in [7, 11) is 0. The summed E-state index contributed by atoms with van der Waals surface area (Å²) in [5, 5.41) is 12.2. The van der Waals surface area contributed by atoms with Crippen molar-refractivity contribution in [2.45, 2.75) is 59.5 Å². The topological polar surface area (TPSA) is 87.1 Å². The minimum absolute atomic E-state index is 0.0553. The molecule has 0 saturated carbocycles. The number of aliphatic hydroxyl groups is 1. The van der Waals surface area contributed by atoms with E-state index in [2.05, 4.69) is 29.1 Å². The Morgan fingerprint density at radius 3 is 2.68 bits per heavy atom. The fourth-order valence-corrected chi connectivity index (χ4v) is 10.4. The van der Waals surface area contributed by atoms with Gasteiger partial charge in [0.15, 0.2) is 0 Å². The molecule has 1 spiro atoms. The van der Waals surface area contributed by atoms with Gasteiger partial charge in [0.1, 0.15) is 6.04 Å². The average molecular weight is 642 g/mol. The van der Waals surface area contributed by atoms with Crippen LogP contribution in [0.4, 0.5) is 5.69 Å². The molecule has 2 aromatic carbocycles. The molecule has 3 fully saturated rings. The molecule has 3 heterocycles. The van der Waals surface area contributed by atoms with Crippen LogP contribution in [-0.4, -0.2) is 74.5 Å². The molecule has 0 aromatic heterocycles. The van der Waals surface area contributed by atoms with E-state index in [9.17, 15) is 19.5 Å². The number of aliphatic hydroxyl groups excluding tert-OH is 1. The normalized spacial score (nSPS) is 28.9. The average Bonchev–Trinajstić information content (AvgIpc) is 3.57. The molecule has 0 aliphatic carbocycles. The summed E-state index contributed by atoms with van der Waals surface area (Å²) in [6, 6.07) is 12.4. The Bertz CT molecular complexity index is 1350. The monoisotopic (exact) mass is 640 g/mol. The van der Waals surface area contributed by atoms with Crippen molar-refractivity contribution in [2.75, 3.05) is 24.7 Å². The molecule has 218 valence electrons. The quantitative estimate of drug-likeness (QED) is 0.150. The van der Waals surface area contributed by atoms with Crippen LogP contribution in [0.2, 0.25) is 0 Å². The van der Waals surface area contributed by atoms with Gasteiger partial charge in [0, 0.05) is 22.3 Å². The minimum atomic E-state index is -0.850. The lowest BCUT2D eigenvalue weighted by Crippen LogP contribution is -2.58. The number of alkyl halides is 1. The first kappa shape index (κ1) is 29.9. The summed E-state index contributed by atoms with van der Waals surface area (Å²) in [5.74, 6) is -2.23. The van der Waals surface area contributed by atoms with Crippen molar-refractivity contribution in [3.63, 3.8) is 0 Å². The number of rotatable bonds is 12. The van der Waals surface area contributed by atoms with Crippen molar-refractivity contribution in [3.05, 3.63) is 67.8 Å². The van der Waals surface area contributed by atoms with Gasteiger partial charge in [0.05, 0.1) is 35.8 Å². The van der Waals surface area contributed by atoms with E-state index >= 15 is 0 Å². The van der Waals surface area contributed by atoms with Crippen LogP contribution < -0.4 is 4.90 Å². The number of halogens is 1. The Kier molecular flexibility index (Phi) is 8.97. The molecule has 3 aliphatic rings. The van der Waals surface area contributed by atoms with Gasteiger partial charge in [-0.15, -0.1) is 24.9 Å². The zero-order valence-corrected chi connectivity index (χ0v) is 25.7. The number of likely N-dealkylation sites (tertiary alicyclic amines) is 1. The van der Waals surface area contributed by atoms with E-state index in [4.69, 9.17) is 4.74 Å². The fourth-order valence-electron chi connectivity index (χ4n) is 6.86. The number of ether oxygens (including phenoxy) is 1. The van der Waals surface area contributed by atoms with Crippen molar-refractivity contribution in [3.8, 4) is 0 Å². The molecule has 2 aromatic rings. The maximum atomic E-state index is 14.8. The van der Waals surface area contributed by atoms with E-state index in [1.54, 1.807) is 33.7 Å². The molecule has 7 nitrogen and oxygen atoms in total. The molecule has 0 radical (unpaired) electrons. The third-order valence-corrected chi connectivity index (χ3v) is 11.9. The molecule has 9 heteroatoms. The number of carbonyl (C=O) groups excluding carboxylic acids is 3. The number of anilines is 1. The highest BCUT2D eigenvalue weighted by molar-refractivity contribution is 9.09. The lowest BCUT2D eigenvalue weighted by atomic mass is 9.71. The minimum Gasteiger partial charge on any atom is -0.465 e. The third kappa shape index (κ3) is 5.04. The van der Waals surface area contributed by atoms with Crippen LogP contribution in [-0.2, 0) is 19.1 Å². The Balaban J connectivity index is 1.56. The number of amides is 2. The summed E-state index contributed by atoms with van der Waals surface area (Å²) in [5.41, 5.74) is 0.712. The van der Waals surface area contributed by atoms with Gasteiger partial charge in [-0.2, -0.15) is 0 Å². The molecule has 2 amide bonds. The molecule has 3 saturated heterocycles. The predicted molar refractivity (Wildman–Crippen MR) is 167 cm³/mol. The Hall–Kier alpha value is -2.62. The fraction of sp³-hybridized carbons (Fsp3) is 0.469. The lowest BCUT2D eigenvalue weighted by molar-refractivity contribution is -0.154. The molecule has 3 aliphatic heterocycles. The van der Waals surface area contributed by atoms with Gasteiger partial charge in [-0.1, -0.05) is 65.3 Å². The van der Waals surface area contributed by atoms with Crippen molar-refractivity contribution in [1.82, 2.24) is 4.90 Å². The summed E-state index contributed by atoms with van der Waals surface area (Å²) in [4.78, 5) is 45.8. The van der Waals surface area contributed by atoms with Gasteiger partial charge in [-0.05, 0) is 48.6 Å². The van der Waals surface area contributed by atoms with E-state index < -0.39 is 34.6 Å². The van der Waals surface area contributed by atoms with E-state index in [1.807, 2.05) is 49.4 Å². The van der Waals surface area contributed by atoms with Gasteiger partial charge in [-0.3, -0.25) is 14.4 Å².